The number of fused-ring (bicyclic) bond motifs is 2. The van der Waals surface area contributed by atoms with Gasteiger partial charge < -0.3 is 10.1 Å². The van der Waals surface area contributed by atoms with Crippen LogP contribution in [0, 0.1) is 0 Å². The fourth-order valence-corrected chi connectivity index (χ4v) is 3.76. The molecule has 0 spiro atoms. The first-order valence-corrected chi connectivity index (χ1v) is 10.4. The molecule has 34 heavy (non-hydrogen) atoms. The van der Waals surface area contributed by atoms with Gasteiger partial charge >= 0.3 is 5.97 Å². The number of ketones is 2. The number of aromatic nitrogens is 2. The van der Waals surface area contributed by atoms with E-state index in [0.717, 1.165) is 5.69 Å². The van der Waals surface area contributed by atoms with E-state index in [1.54, 1.807) is 71.7 Å². The summed E-state index contributed by atoms with van der Waals surface area (Å²) in [5.41, 5.74) is 2.59. The van der Waals surface area contributed by atoms with Crippen molar-refractivity contribution in [3.63, 3.8) is 0 Å². The second-order valence-corrected chi connectivity index (χ2v) is 7.59. The number of carbonyl (C=O) groups is 4. The van der Waals surface area contributed by atoms with Gasteiger partial charge in [-0.15, -0.1) is 0 Å². The van der Waals surface area contributed by atoms with Crippen LogP contribution in [0.1, 0.15) is 42.2 Å². The van der Waals surface area contributed by atoms with Gasteiger partial charge in [0.05, 0.1) is 11.3 Å². The predicted octanol–water partition coefficient (Wildman–Crippen LogP) is 3.44. The number of carbonyl (C=O) groups excluding carboxylic acids is 4. The van der Waals surface area contributed by atoms with Crippen LogP contribution < -0.4 is 5.32 Å². The summed E-state index contributed by atoms with van der Waals surface area (Å²) in [5.74, 6) is -1.75. The van der Waals surface area contributed by atoms with E-state index in [1.165, 1.54) is 18.2 Å². The van der Waals surface area contributed by atoms with E-state index < -0.39 is 18.5 Å². The summed E-state index contributed by atoms with van der Waals surface area (Å²) in [5, 5.41) is 6.71. The molecule has 0 aliphatic heterocycles. The first-order valence-electron chi connectivity index (χ1n) is 10.4. The first-order chi connectivity index (χ1) is 16.5. The third-order valence-electron chi connectivity index (χ3n) is 5.42. The summed E-state index contributed by atoms with van der Waals surface area (Å²) >= 11 is 0. The third kappa shape index (κ3) is 3.88. The smallest absolute Gasteiger partial charge is 0.338 e. The van der Waals surface area contributed by atoms with Crippen molar-refractivity contribution in [3.05, 3.63) is 113 Å². The van der Waals surface area contributed by atoms with Crippen molar-refractivity contribution in [2.24, 2.45) is 0 Å². The van der Waals surface area contributed by atoms with Crippen LogP contribution in [-0.2, 0) is 9.53 Å². The van der Waals surface area contributed by atoms with Crippen molar-refractivity contribution in [2.75, 3.05) is 11.9 Å². The molecule has 0 bridgehead atoms. The van der Waals surface area contributed by atoms with Crippen LogP contribution >= 0.6 is 0 Å². The van der Waals surface area contributed by atoms with Crippen molar-refractivity contribution in [1.29, 1.82) is 0 Å². The Kier molecular flexibility index (Phi) is 5.31. The van der Waals surface area contributed by atoms with Gasteiger partial charge in [0.25, 0.3) is 5.91 Å². The van der Waals surface area contributed by atoms with E-state index >= 15 is 0 Å². The Balaban J connectivity index is 1.23. The number of hydrogen-bond acceptors (Lipinski definition) is 6. The van der Waals surface area contributed by atoms with Crippen molar-refractivity contribution in [1.82, 2.24) is 9.78 Å². The van der Waals surface area contributed by atoms with Gasteiger partial charge in [0.2, 0.25) is 0 Å². The fourth-order valence-electron chi connectivity index (χ4n) is 3.76. The summed E-state index contributed by atoms with van der Waals surface area (Å²) in [6.45, 7) is -0.507. The Bertz CT molecular complexity index is 1440. The van der Waals surface area contributed by atoms with Gasteiger partial charge in [0.15, 0.2) is 18.2 Å². The molecule has 0 fully saturated rings. The lowest BCUT2D eigenvalue weighted by Crippen LogP contribution is -2.23. The van der Waals surface area contributed by atoms with Crippen LogP contribution in [0.4, 0.5) is 5.69 Å². The molecule has 3 aromatic carbocycles. The maximum Gasteiger partial charge on any atom is 0.338 e. The van der Waals surface area contributed by atoms with Gasteiger partial charge in [-0.05, 0) is 48.5 Å². The molecular weight excluding hydrogens is 434 g/mol. The number of nitrogens with one attached hydrogen (secondary N) is 1. The molecule has 4 aromatic rings. The zero-order valence-corrected chi connectivity index (χ0v) is 17.7. The quantitative estimate of drug-likeness (QED) is 0.410. The Labute approximate surface area is 193 Å². The number of amides is 1. The maximum atomic E-state index is 12.8. The largest absolute Gasteiger partial charge is 0.452 e. The topological polar surface area (TPSA) is 107 Å². The monoisotopic (exact) mass is 451 g/mol. The van der Waals surface area contributed by atoms with Crippen LogP contribution in [0.2, 0.25) is 0 Å². The minimum Gasteiger partial charge on any atom is -0.452 e. The van der Waals surface area contributed by atoms with E-state index in [9.17, 15) is 19.2 Å². The molecule has 1 amide bonds. The highest BCUT2D eigenvalue weighted by atomic mass is 16.5. The Morgan fingerprint density at radius 1 is 0.824 bits per heavy atom. The first kappa shape index (κ1) is 21.0. The molecular formula is C26H17N3O5. The molecule has 8 heteroatoms. The van der Waals surface area contributed by atoms with Gasteiger partial charge in [-0.3, -0.25) is 14.4 Å². The fraction of sp³-hybridized carbons (Fsp3) is 0.0385. The second kappa shape index (κ2) is 8.59. The SMILES string of the molecule is O=C(COC(=O)c1ccc(-n2cccn2)cc1)Nc1ccc2c(c1)C(=O)c1ccccc1C2=O. The van der Waals surface area contributed by atoms with Crippen LogP contribution in [0.15, 0.2) is 85.2 Å². The molecule has 0 radical (unpaired) electrons. The van der Waals surface area contributed by atoms with Gasteiger partial charge in [-0.2, -0.15) is 5.10 Å². The molecule has 0 atom stereocenters. The standard InChI is InChI=1S/C26H17N3O5/c30-23(15-34-26(33)16-6-9-18(10-7-16)29-13-3-12-27-29)28-17-8-11-21-22(14-17)25(32)20-5-2-1-4-19(20)24(21)31/h1-14H,15H2,(H,28,30). The summed E-state index contributed by atoms with van der Waals surface area (Å²) in [4.78, 5) is 50.1. The zero-order valence-electron chi connectivity index (χ0n) is 17.7. The summed E-state index contributed by atoms with van der Waals surface area (Å²) in [6, 6.07) is 19.5. The molecule has 0 unspecified atom stereocenters. The lowest BCUT2D eigenvalue weighted by atomic mass is 9.84. The summed E-state index contributed by atoms with van der Waals surface area (Å²) in [7, 11) is 0. The summed E-state index contributed by atoms with van der Waals surface area (Å²) < 4.78 is 6.75. The van der Waals surface area contributed by atoms with Crippen molar-refractivity contribution in [2.45, 2.75) is 0 Å². The van der Waals surface area contributed by atoms with Crippen molar-refractivity contribution < 1.29 is 23.9 Å². The molecule has 1 heterocycles. The number of rotatable bonds is 5. The second-order valence-electron chi connectivity index (χ2n) is 7.59. The highest BCUT2D eigenvalue weighted by Gasteiger charge is 2.29. The molecule has 0 saturated heterocycles. The van der Waals surface area contributed by atoms with Gasteiger partial charge in [0, 0.05) is 40.3 Å². The average molecular weight is 451 g/mol. The van der Waals surface area contributed by atoms with E-state index in [4.69, 9.17) is 4.74 Å². The number of anilines is 1. The van der Waals surface area contributed by atoms with Crippen LogP contribution in [-0.4, -0.2) is 39.8 Å². The van der Waals surface area contributed by atoms with E-state index in [-0.39, 0.29) is 22.7 Å². The Hall–Kier alpha value is -4.85. The molecule has 166 valence electrons. The Morgan fingerprint density at radius 3 is 2.18 bits per heavy atom. The average Bonchev–Trinajstić information content (AvgIpc) is 3.41. The van der Waals surface area contributed by atoms with Crippen LogP contribution in [0.25, 0.3) is 5.69 Å². The predicted molar refractivity (Wildman–Crippen MR) is 122 cm³/mol. The summed E-state index contributed by atoms with van der Waals surface area (Å²) in [6.07, 6.45) is 3.43. The van der Waals surface area contributed by atoms with Crippen molar-refractivity contribution in [3.8, 4) is 5.69 Å². The van der Waals surface area contributed by atoms with Gasteiger partial charge in [-0.1, -0.05) is 24.3 Å². The molecule has 1 aromatic heterocycles. The van der Waals surface area contributed by atoms with E-state index in [2.05, 4.69) is 10.4 Å². The van der Waals surface area contributed by atoms with E-state index in [0.29, 0.717) is 22.4 Å². The minimum atomic E-state index is -0.648. The number of hydrogen-bond donors (Lipinski definition) is 1. The highest BCUT2D eigenvalue weighted by Crippen LogP contribution is 2.29. The normalized spacial score (nSPS) is 12.0. The number of esters is 1. The molecule has 1 aliphatic carbocycles. The molecule has 1 aliphatic rings. The molecule has 5 rings (SSSR count). The van der Waals surface area contributed by atoms with Crippen LogP contribution in [0.3, 0.4) is 0 Å². The van der Waals surface area contributed by atoms with E-state index in [1.807, 2.05) is 0 Å². The molecule has 8 nitrogen and oxygen atoms in total. The number of nitrogens with zero attached hydrogens (tertiary/aromatic N) is 2. The zero-order chi connectivity index (χ0) is 23.7. The molecule has 1 N–H and O–H groups in total. The highest BCUT2D eigenvalue weighted by molar-refractivity contribution is 6.28. The van der Waals surface area contributed by atoms with Gasteiger partial charge in [-0.25, -0.2) is 9.48 Å². The van der Waals surface area contributed by atoms with Crippen LogP contribution in [0.5, 0.6) is 0 Å². The van der Waals surface area contributed by atoms with Crippen molar-refractivity contribution >= 4 is 29.1 Å². The Morgan fingerprint density at radius 2 is 1.50 bits per heavy atom. The molecule has 0 saturated carbocycles. The maximum absolute atomic E-state index is 12.8. The third-order valence-corrected chi connectivity index (χ3v) is 5.42. The lowest BCUT2D eigenvalue weighted by molar-refractivity contribution is -0.119. The van der Waals surface area contributed by atoms with Gasteiger partial charge in [0.1, 0.15) is 0 Å². The number of benzene rings is 3. The number of ether oxygens (including phenoxy) is 1. The minimum absolute atomic E-state index is 0.218. The lowest BCUT2D eigenvalue weighted by Gasteiger charge is -2.18.